The Morgan fingerprint density at radius 3 is 2.62 bits per heavy atom. The van der Waals surface area contributed by atoms with Gasteiger partial charge in [0.15, 0.2) is 12.1 Å². The van der Waals surface area contributed by atoms with Gasteiger partial charge >= 0.3 is 7.82 Å². The zero-order valence-electron chi connectivity index (χ0n) is 17.3. The van der Waals surface area contributed by atoms with Crippen molar-refractivity contribution in [3.63, 3.8) is 0 Å². The summed E-state index contributed by atoms with van der Waals surface area (Å²) < 4.78 is 15.6. The van der Waals surface area contributed by atoms with E-state index in [-0.39, 0.29) is 28.5 Å². The van der Waals surface area contributed by atoms with Crippen LogP contribution in [-0.2, 0) is 15.7 Å². The van der Waals surface area contributed by atoms with E-state index in [4.69, 9.17) is 9.79 Å². The van der Waals surface area contributed by atoms with Gasteiger partial charge < -0.3 is 19.8 Å². The third-order valence-corrected chi connectivity index (χ3v) is 5.42. The predicted molar refractivity (Wildman–Crippen MR) is 113 cm³/mol. The first-order chi connectivity index (χ1) is 15.2. The quantitative estimate of drug-likeness (QED) is 0.320. The number of piperidine rings is 1. The standard InChI is InChI=1S/C20H23N4O7P/c1-13-18(26)16(11-25)17(12-31-32(28,29)30)19(21-13)23-22-15-7-5-6-14(10-15)20(27)24-8-3-2-4-9-24/h5-7,10-11,26H,2-4,8-9,12H2,1H3,(H2,28,29,30). The van der Waals surface area contributed by atoms with E-state index in [9.17, 15) is 19.3 Å². The maximum atomic E-state index is 12.7. The van der Waals surface area contributed by atoms with Gasteiger partial charge in [-0.05, 0) is 44.4 Å². The summed E-state index contributed by atoms with van der Waals surface area (Å²) in [4.78, 5) is 48.0. The molecule has 2 aromatic rings. The van der Waals surface area contributed by atoms with Crippen LogP contribution in [0.4, 0.5) is 11.5 Å². The number of aldehydes is 1. The molecule has 2 heterocycles. The van der Waals surface area contributed by atoms with Crippen molar-refractivity contribution >= 4 is 31.5 Å². The molecule has 1 aromatic carbocycles. The molecular weight excluding hydrogens is 439 g/mol. The highest BCUT2D eigenvalue weighted by Gasteiger charge is 2.22. The van der Waals surface area contributed by atoms with E-state index in [2.05, 4.69) is 19.7 Å². The smallest absolute Gasteiger partial charge is 0.469 e. The molecule has 11 nitrogen and oxygen atoms in total. The highest BCUT2D eigenvalue weighted by atomic mass is 31.2. The third-order valence-electron chi connectivity index (χ3n) is 4.96. The number of likely N-dealkylation sites (tertiary alicyclic amines) is 1. The van der Waals surface area contributed by atoms with Crippen LogP contribution in [0.25, 0.3) is 0 Å². The van der Waals surface area contributed by atoms with E-state index in [0.29, 0.717) is 30.6 Å². The van der Waals surface area contributed by atoms with Crippen molar-refractivity contribution in [2.24, 2.45) is 10.2 Å². The SMILES string of the molecule is Cc1nc(N=Nc2cccc(C(=O)N3CCCCC3)c2)c(COP(=O)(O)O)c(C=O)c1O. The Morgan fingerprint density at radius 1 is 1.25 bits per heavy atom. The molecule has 1 aliphatic heterocycles. The number of hydrogen-bond acceptors (Lipinski definition) is 8. The molecule has 170 valence electrons. The predicted octanol–water partition coefficient (Wildman–Crippen LogP) is 3.56. The molecule has 12 heteroatoms. The number of hydrogen-bond donors (Lipinski definition) is 3. The summed E-state index contributed by atoms with van der Waals surface area (Å²) >= 11 is 0. The number of carbonyl (C=O) groups excluding carboxylic acids is 2. The fraction of sp³-hybridized carbons (Fsp3) is 0.350. The van der Waals surface area contributed by atoms with Crippen LogP contribution in [0, 0.1) is 6.92 Å². The minimum absolute atomic E-state index is 0.0787. The van der Waals surface area contributed by atoms with Crippen LogP contribution in [0.5, 0.6) is 5.75 Å². The number of carbonyl (C=O) groups is 2. The molecule has 0 aliphatic carbocycles. The largest absolute Gasteiger partial charge is 0.505 e. The van der Waals surface area contributed by atoms with Gasteiger partial charge in [0.2, 0.25) is 0 Å². The third kappa shape index (κ3) is 5.83. The van der Waals surface area contributed by atoms with Crippen LogP contribution < -0.4 is 0 Å². The van der Waals surface area contributed by atoms with Crippen LogP contribution in [-0.4, -0.2) is 50.1 Å². The van der Waals surface area contributed by atoms with E-state index in [1.807, 2.05) is 0 Å². The fourth-order valence-corrected chi connectivity index (χ4v) is 3.62. The van der Waals surface area contributed by atoms with Gasteiger partial charge in [-0.1, -0.05) is 6.07 Å². The van der Waals surface area contributed by atoms with Crippen LogP contribution in [0.15, 0.2) is 34.5 Å². The number of phosphoric acid groups is 1. The molecule has 1 saturated heterocycles. The molecule has 1 amide bonds. The monoisotopic (exact) mass is 462 g/mol. The molecule has 1 aromatic heterocycles. The Morgan fingerprint density at radius 2 is 1.97 bits per heavy atom. The van der Waals surface area contributed by atoms with E-state index < -0.39 is 20.2 Å². The molecule has 3 rings (SSSR count). The summed E-state index contributed by atoms with van der Waals surface area (Å²) in [6, 6.07) is 6.54. The lowest BCUT2D eigenvalue weighted by Crippen LogP contribution is -2.35. The summed E-state index contributed by atoms with van der Waals surface area (Å²) in [6.45, 7) is 2.13. The number of aromatic hydroxyl groups is 1. The summed E-state index contributed by atoms with van der Waals surface area (Å²) in [5.41, 5.74) is 0.492. The number of pyridine rings is 1. The lowest BCUT2D eigenvalue weighted by atomic mass is 10.1. The molecule has 0 unspecified atom stereocenters. The first-order valence-corrected chi connectivity index (χ1v) is 11.4. The molecule has 0 bridgehead atoms. The average Bonchev–Trinajstić information content (AvgIpc) is 2.78. The number of nitrogens with zero attached hydrogens (tertiary/aromatic N) is 4. The van der Waals surface area contributed by atoms with Crippen LogP contribution in [0.3, 0.4) is 0 Å². The van der Waals surface area contributed by atoms with Crippen molar-refractivity contribution in [3.05, 3.63) is 46.6 Å². The normalized spacial score (nSPS) is 14.7. The van der Waals surface area contributed by atoms with Gasteiger partial charge in [0.25, 0.3) is 5.91 Å². The van der Waals surface area contributed by atoms with Crippen molar-refractivity contribution in [1.82, 2.24) is 9.88 Å². The molecule has 0 spiro atoms. The Kier molecular flexibility index (Phi) is 7.47. The topological polar surface area (TPSA) is 162 Å². The lowest BCUT2D eigenvalue weighted by Gasteiger charge is -2.26. The van der Waals surface area contributed by atoms with E-state index in [1.54, 1.807) is 29.2 Å². The minimum atomic E-state index is -4.86. The zero-order chi connectivity index (χ0) is 23.3. The fourth-order valence-electron chi connectivity index (χ4n) is 3.32. The van der Waals surface area contributed by atoms with Gasteiger partial charge in [0.1, 0.15) is 5.75 Å². The number of azo groups is 1. The van der Waals surface area contributed by atoms with Crippen molar-refractivity contribution in [1.29, 1.82) is 0 Å². The number of amides is 1. The number of benzene rings is 1. The molecule has 0 saturated carbocycles. The number of rotatable bonds is 7. The van der Waals surface area contributed by atoms with Crippen LogP contribution in [0.1, 0.15) is 51.2 Å². The van der Waals surface area contributed by atoms with Crippen LogP contribution in [0.2, 0.25) is 0 Å². The van der Waals surface area contributed by atoms with Crippen molar-refractivity contribution in [2.45, 2.75) is 32.8 Å². The number of phosphoric ester groups is 1. The molecule has 0 atom stereocenters. The Bertz CT molecular complexity index is 1090. The molecular formula is C20H23N4O7P. The Labute approximate surface area is 184 Å². The highest BCUT2D eigenvalue weighted by molar-refractivity contribution is 7.46. The zero-order valence-corrected chi connectivity index (χ0v) is 18.2. The second-order valence-electron chi connectivity index (χ2n) is 7.25. The summed E-state index contributed by atoms with van der Waals surface area (Å²) in [7, 11) is -4.86. The summed E-state index contributed by atoms with van der Waals surface area (Å²) in [5.74, 6) is -0.694. The van der Waals surface area contributed by atoms with E-state index in [1.165, 1.54) is 6.92 Å². The van der Waals surface area contributed by atoms with Gasteiger partial charge in [-0.2, -0.15) is 0 Å². The average molecular weight is 462 g/mol. The second-order valence-corrected chi connectivity index (χ2v) is 8.49. The van der Waals surface area contributed by atoms with E-state index >= 15 is 0 Å². The van der Waals surface area contributed by atoms with Gasteiger partial charge in [-0.15, -0.1) is 10.2 Å². The summed E-state index contributed by atoms with van der Waals surface area (Å²) in [5, 5.41) is 18.1. The number of aryl methyl sites for hydroxylation is 1. The number of aromatic nitrogens is 1. The van der Waals surface area contributed by atoms with E-state index in [0.717, 1.165) is 19.3 Å². The first kappa shape index (κ1) is 23.7. The van der Waals surface area contributed by atoms with Gasteiger partial charge in [0, 0.05) is 24.2 Å². The molecule has 0 radical (unpaired) electrons. The van der Waals surface area contributed by atoms with Gasteiger partial charge in [-0.25, -0.2) is 9.55 Å². The molecule has 1 fully saturated rings. The summed E-state index contributed by atoms with van der Waals surface area (Å²) in [6.07, 6.45) is 3.36. The first-order valence-electron chi connectivity index (χ1n) is 9.88. The molecule has 32 heavy (non-hydrogen) atoms. The molecule has 1 aliphatic rings. The van der Waals surface area contributed by atoms with Gasteiger partial charge in [-0.3, -0.25) is 14.1 Å². The highest BCUT2D eigenvalue weighted by Crippen LogP contribution is 2.40. The maximum Gasteiger partial charge on any atom is 0.469 e. The molecule has 3 N–H and O–H groups in total. The minimum Gasteiger partial charge on any atom is -0.505 e. The maximum absolute atomic E-state index is 12.7. The van der Waals surface area contributed by atoms with Crippen LogP contribution >= 0.6 is 7.82 Å². The second kappa shape index (κ2) is 10.1. The Balaban J connectivity index is 1.91. The van der Waals surface area contributed by atoms with Gasteiger partial charge in [0.05, 0.1) is 23.6 Å². The van der Waals surface area contributed by atoms with Crippen molar-refractivity contribution in [3.8, 4) is 5.75 Å². The van der Waals surface area contributed by atoms with Crippen molar-refractivity contribution < 1.29 is 33.6 Å². The lowest BCUT2D eigenvalue weighted by molar-refractivity contribution is 0.0724. The Hall–Kier alpha value is -2.98. The van der Waals surface area contributed by atoms with Crippen molar-refractivity contribution in [2.75, 3.05) is 13.1 Å².